The number of carbonyl (C=O) groups is 1. The highest BCUT2D eigenvalue weighted by atomic mass is 35.5. The smallest absolute Gasteiger partial charge is 0.222 e. The molecule has 0 spiro atoms. The summed E-state index contributed by atoms with van der Waals surface area (Å²) >= 11 is 6.12. The maximum atomic E-state index is 11.6. The maximum absolute atomic E-state index is 11.6. The van der Waals surface area contributed by atoms with Gasteiger partial charge in [-0.25, -0.2) is 14.6 Å². The zero-order valence-electron chi connectivity index (χ0n) is 14.4. The number of benzene rings is 1. The van der Waals surface area contributed by atoms with Crippen LogP contribution >= 0.6 is 11.6 Å². The molecule has 0 aliphatic carbocycles. The molecule has 1 atom stereocenters. The number of aromatic nitrogens is 4. The first-order valence-corrected chi connectivity index (χ1v) is 8.93. The van der Waals surface area contributed by atoms with Crippen molar-refractivity contribution in [3.8, 4) is 5.69 Å². The predicted molar refractivity (Wildman–Crippen MR) is 101 cm³/mol. The van der Waals surface area contributed by atoms with Gasteiger partial charge in [0.05, 0.1) is 23.2 Å². The van der Waals surface area contributed by atoms with Gasteiger partial charge in [-0.2, -0.15) is 5.10 Å². The monoisotopic (exact) mass is 370 g/mol. The number of hydrogen-bond donors (Lipinski definition) is 1. The Kier molecular flexibility index (Phi) is 4.24. The number of anilines is 1. The summed E-state index contributed by atoms with van der Waals surface area (Å²) < 4.78 is 1.76. The first kappa shape index (κ1) is 16.8. The maximum Gasteiger partial charge on any atom is 0.222 e. The molecular weight excluding hydrogens is 352 g/mol. The molecule has 1 aliphatic rings. The Labute approximate surface area is 155 Å². The highest BCUT2D eigenvalue weighted by molar-refractivity contribution is 6.30. The number of carbonyl (C=O) groups excluding carboxylic acids is 1. The number of fused-ring (bicyclic) bond motifs is 1. The first-order valence-electron chi connectivity index (χ1n) is 8.55. The molecule has 0 saturated carbocycles. The van der Waals surface area contributed by atoms with Gasteiger partial charge in [-0.15, -0.1) is 0 Å². The molecule has 4 rings (SSSR count). The highest BCUT2D eigenvalue weighted by Crippen LogP contribution is 2.29. The molecule has 1 amide bonds. The Bertz CT molecular complexity index is 985. The van der Waals surface area contributed by atoms with E-state index in [1.165, 1.54) is 0 Å². The van der Waals surface area contributed by atoms with Gasteiger partial charge in [0, 0.05) is 18.1 Å². The van der Waals surface area contributed by atoms with Crippen LogP contribution in [-0.2, 0) is 4.79 Å². The molecular formula is C18H19ClN6O. The van der Waals surface area contributed by atoms with Gasteiger partial charge in [-0.3, -0.25) is 4.79 Å². The molecule has 0 radical (unpaired) electrons. The van der Waals surface area contributed by atoms with E-state index in [1.54, 1.807) is 10.9 Å². The Balaban J connectivity index is 1.81. The third kappa shape index (κ3) is 2.99. The summed E-state index contributed by atoms with van der Waals surface area (Å²) in [6.07, 6.45) is 3.49. The van der Waals surface area contributed by atoms with Crippen LogP contribution in [0.5, 0.6) is 0 Å². The summed E-state index contributed by atoms with van der Waals surface area (Å²) in [5.41, 5.74) is 7.07. The fourth-order valence-electron chi connectivity index (χ4n) is 3.44. The van der Waals surface area contributed by atoms with Crippen molar-refractivity contribution in [3.63, 3.8) is 0 Å². The number of hydrogen-bond acceptors (Lipinski definition) is 5. The summed E-state index contributed by atoms with van der Waals surface area (Å²) in [6, 6.07) is 7.47. The van der Waals surface area contributed by atoms with Gasteiger partial charge < -0.3 is 10.6 Å². The van der Waals surface area contributed by atoms with Crippen molar-refractivity contribution in [2.24, 2.45) is 11.7 Å². The van der Waals surface area contributed by atoms with E-state index in [0.717, 1.165) is 41.9 Å². The van der Waals surface area contributed by atoms with Crippen molar-refractivity contribution in [3.05, 3.63) is 41.3 Å². The van der Waals surface area contributed by atoms with E-state index in [1.807, 2.05) is 31.2 Å². The Morgan fingerprint density at radius 2 is 2.19 bits per heavy atom. The highest BCUT2D eigenvalue weighted by Gasteiger charge is 2.27. The van der Waals surface area contributed by atoms with Gasteiger partial charge in [0.1, 0.15) is 11.6 Å². The average Bonchev–Trinajstić information content (AvgIpc) is 3.04. The van der Waals surface area contributed by atoms with Crippen LogP contribution in [0.4, 0.5) is 5.82 Å². The SMILES string of the molecule is Cc1nc(N2CCCC(C(N)=O)C2)c2cnn(-c3cccc(Cl)c3)c2n1. The molecule has 2 N–H and O–H groups in total. The van der Waals surface area contributed by atoms with Crippen LogP contribution < -0.4 is 10.6 Å². The van der Waals surface area contributed by atoms with E-state index < -0.39 is 0 Å². The molecule has 8 heteroatoms. The second-order valence-corrected chi connectivity index (χ2v) is 6.99. The summed E-state index contributed by atoms with van der Waals surface area (Å²) in [6.45, 7) is 3.26. The minimum Gasteiger partial charge on any atom is -0.369 e. The lowest BCUT2D eigenvalue weighted by Crippen LogP contribution is -2.41. The van der Waals surface area contributed by atoms with Crippen LogP contribution in [0.1, 0.15) is 18.7 Å². The second kappa shape index (κ2) is 6.57. The standard InChI is InChI=1S/C18H19ClN6O/c1-11-22-17(24-7-3-4-12(10-24)16(20)26)15-9-21-25(18(15)23-11)14-6-2-5-13(19)8-14/h2,5-6,8-9,12H,3-4,7,10H2,1H3,(H2,20,26). The van der Waals surface area contributed by atoms with E-state index in [4.69, 9.17) is 17.3 Å². The van der Waals surface area contributed by atoms with E-state index in [0.29, 0.717) is 17.4 Å². The molecule has 2 aromatic heterocycles. The van der Waals surface area contributed by atoms with Crippen molar-refractivity contribution < 1.29 is 4.79 Å². The van der Waals surface area contributed by atoms with Crippen LogP contribution in [-0.4, -0.2) is 38.7 Å². The molecule has 134 valence electrons. The van der Waals surface area contributed by atoms with E-state index in [9.17, 15) is 4.79 Å². The first-order chi connectivity index (χ1) is 12.5. The molecule has 3 aromatic rings. The molecule has 1 aromatic carbocycles. The lowest BCUT2D eigenvalue weighted by Gasteiger charge is -2.32. The zero-order valence-corrected chi connectivity index (χ0v) is 15.1. The van der Waals surface area contributed by atoms with E-state index >= 15 is 0 Å². The summed E-state index contributed by atoms with van der Waals surface area (Å²) in [5.74, 6) is 1.03. The third-order valence-electron chi connectivity index (χ3n) is 4.70. The Morgan fingerprint density at radius 1 is 1.35 bits per heavy atom. The second-order valence-electron chi connectivity index (χ2n) is 6.56. The van der Waals surface area contributed by atoms with Gasteiger partial charge in [0.2, 0.25) is 5.91 Å². The van der Waals surface area contributed by atoms with Crippen molar-refractivity contribution >= 4 is 34.4 Å². The number of piperidine rings is 1. The molecule has 1 fully saturated rings. The number of primary amides is 1. The van der Waals surface area contributed by atoms with Crippen LogP contribution in [0.15, 0.2) is 30.5 Å². The van der Waals surface area contributed by atoms with Crippen LogP contribution in [0.3, 0.4) is 0 Å². The number of rotatable bonds is 3. The van der Waals surface area contributed by atoms with E-state index in [-0.39, 0.29) is 11.8 Å². The largest absolute Gasteiger partial charge is 0.369 e. The van der Waals surface area contributed by atoms with Crippen molar-refractivity contribution in [2.75, 3.05) is 18.0 Å². The minimum atomic E-state index is -0.258. The average molecular weight is 371 g/mol. The Hall–Kier alpha value is -2.67. The summed E-state index contributed by atoms with van der Waals surface area (Å²) in [7, 11) is 0. The molecule has 1 unspecified atom stereocenters. The molecule has 26 heavy (non-hydrogen) atoms. The number of nitrogens with two attached hydrogens (primary N) is 1. The fraction of sp³-hybridized carbons (Fsp3) is 0.333. The third-order valence-corrected chi connectivity index (χ3v) is 4.93. The van der Waals surface area contributed by atoms with Gasteiger partial charge >= 0.3 is 0 Å². The minimum absolute atomic E-state index is 0.156. The number of nitrogens with zero attached hydrogens (tertiary/aromatic N) is 5. The van der Waals surface area contributed by atoms with Gasteiger partial charge in [-0.1, -0.05) is 17.7 Å². The van der Waals surface area contributed by atoms with Gasteiger partial charge in [0.15, 0.2) is 5.65 Å². The fourth-order valence-corrected chi connectivity index (χ4v) is 3.62. The molecule has 7 nitrogen and oxygen atoms in total. The predicted octanol–water partition coefficient (Wildman–Crippen LogP) is 2.48. The van der Waals surface area contributed by atoms with Crippen LogP contribution in [0.2, 0.25) is 5.02 Å². The number of aryl methyl sites for hydroxylation is 1. The van der Waals surface area contributed by atoms with Crippen LogP contribution in [0.25, 0.3) is 16.7 Å². The van der Waals surface area contributed by atoms with Gasteiger partial charge in [-0.05, 0) is 38.0 Å². The van der Waals surface area contributed by atoms with Crippen molar-refractivity contribution in [1.82, 2.24) is 19.7 Å². The zero-order chi connectivity index (χ0) is 18.3. The van der Waals surface area contributed by atoms with E-state index in [2.05, 4.69) is 20.0 Å². The quantitative estimate of drug-likeness (QED) is 0.764. The molecule has 1 saturated heterocycles. The lowest BCUT2D eigenvalue weighted by atomic mass is 9.97. The number of amides is 1. The summed E-state index contributed by atoms with van der Waals surface area (Å²) in [4.78, 5) is 22.9. The lowest BCUT2D eigenvalue weighted by molar-refractivity contribution is -0.122. The normalized spacial score (nSPS) is 17.6. The van der Waals surface area contributed by atoms with Crippen molar-refractivity contribution in [2.45, 2.75) is 19.8 Å². The van der Waals surface area contributed by atoms with Gasteiger partial charge in [0.25, 0.3) is 0 Å². The molecule has 1 aliphatic heterocycles. The molecule has 0 bridgehead atoms. The molecule has 3 heterocycles. The topological polar surface area (TPSA) is 89.9 Å². The Morgan fingerprint density at radius 3 is 2.96 bits per heavy atom. The van der Waals surface area contributed by atoms with Crippen LogP contribution in [0, 0.1) is 12.8 Å². The summed E-state index contributed by atoms with van der Waals surface area (Å²) in [5, 5.41) is 5.98. The number of halogens is 1. The van der Waals surface area contributed by atoms with Crippen molar-refractivity contribution in [1.29, 1.82) is 0 Å².